The van der Waals surface area contributed by atoms with Gasteiger partial charge in [-0.1, -0.05) is 31.4 Å². The summed E-state index contributed by atoms with van der Waals surface area (Å²) >= 11 is 0. The Kier molecular flexibility index (Phi) is 6.21. The average Bonchev–Trinajstić information content (AvgIpc) is 2.70. The first-order chi connectivity index (χ1) is 12.6. The highest BCUT2D eigenvalue weighted by atomic mass is 16.2. The molecule has 0 saturated heterocycles. The number of pyridine rings is 1. The summed E-state index contributed by atoms with van der Waals surface area (Å²) in [5.41, 5.74) is 1.98. The number of rotatable bonds is 6. The van der Waals surface area contributed by atoms with Crippen molar-refractivity contribution in [3.05, 3.63) is 42.1 Å². The molecule has 5 nitrogen and oxygen atoms in total. The molecule has 0 unspecified atom stereocenters. The summed E-state index contributed by atoms with van der Waals surface area (Å²) in [6.45, 7) is 0.469. The van der Waals surface area contributed by atoms with Crippen molar-refractivity contribution in [3.63, 3.8) is 0 Å². The number of benzene rings is 1. The fraction of sp³-hybridized carbons (Fsp3) is 0.476. The van der Waals surface area contributed by atoms with Gasteiger partial charge in [0.15, 0.2) is 0 Å². The maximum atomic E-state index is 12.3. The molecular formula is C21H27N3O2. The molecule has 3 rings (SSSR count). The van der Waals surface area contributed by atoms with E-state index >= 15 is 0 Å². The lowest BCUT2D eigenvalue weighted by molar-refractivity contribution is -0.134. The van der Waals surface area contributed by atoms with Gasteiger partial charge in [0.1, 0.15) is 0 Å². The third-order valence-electron chi connectivity index (χ3n) is 5.24. The number of nitrogens with one attached hydrogen (secondary N) is 1. The summed E-state index contributed by atoms with van der Waals surface area (Å²) in [5, 5.41) is 3.97. The predicted octanol–water partition coefficient (Wildman–Crippen LogP) is 3.42. The number of carbonyl (C=O) groups is 2. The fourth-order valence-corrected chi connectivity index (χ4v) is 3.59. The Labute approximate surface area is 154 Å². The highest BCUT2D eigenvalue weighted by Crippen LogP contribution is 2.22. The molecule has 2 amide bonds. The van der Waals surface area contributed by atoms with Gasteiger partial charge in [-0.2, -0.15) is 0 Å². The zero-order valence-electron chi connectivity index (χ0n) is 15.4. The Morgan fingerprint density at radius 2 is 1.96 bits per heavy atom. The number of hydrogen-bond donors (Lipinski definition) is 1. The lowest BCUT2D eigenvalue weighted by Gasteiger charge is -2.31. The lowest BCUT2D eigenvalue weighted by atomic mass is 9.94. The topological polar surface area (TPSA) is 62.3 Å². The van der Waals surface area contributed by atoms with Crippen molar-refractivity contribution in [1.82, 2.24) is 15.2 Å². The van der Waals surface area contributed by atoms with E-state index in [4.69, 9.17) is 0 Å². The zero-order valence-corrected chi connectivity index (χ0v) is 15.4. The molecule has 1 aromatic heterocycles. The van der Waals surface area contributed by atoms with E-state index in [2.05, 4.69) is 10.3 Å². The number of hydrogen-bond acceptors (Lipinski definition) is 3. The van der Waals surface area contributed by atoms with Gasteiger partial charge in [0.05, 0.1) is 5.52 Å². The molecule has 1 fully saturated rings. The van der Waals surface area contributed by atoms with Crippen molar-refractivity contribution in [3.8, 4) is 0 Å². The molecule has 1 N–H and O–H groups in total. The van der Waals surface area contributed by atoms with E-state index in [1.807, 2.05) is 42.3 Å². The van der Waals surface area contributed by atoms with Crippen molar-refractivity contribution < 1.29 is 9.59 Å². The first kappa shape index (κ1) is 18.4. The Hall–Kier alpha value is -2.43. The molecule has 26 heavy (non-hydrogen) atoms. The van der Waals surface area contributed by atoms with Crippen LogP contribution in [0.1, 0.15) is 50.5 Å². The zero-order chi connectivity index (χ0) is 18.4. The molecule has 1 aliphatic carbocycles. The number of aromatic nitrogens is 1. The SMILES string of the molecule is CN(C(=O)CCC(=O)NCc1ccc2ncccc2c1)C1CCCCC1. The van der Waals surface area contributed by atoms with Crippen molar-refractivity contribution in [2.75, 3.05) is 7.05 Å². The van der Waals surface area contributed by atoms with E-state index in [9.17, 15) is 9.59 Å². The monoisotopic (exact) mass is 353 g/mol. The van der Waals surface area contributed by atoms with Gasteiger partial charge in [-0.3, -0.25) is 14.6 Å². The first-order valence-corrected chi connectivity index (χ1v) is 9.49. The third-order valence-corrected chi connectivity index (χ3v) is 5.24. The van der Waals surface area contributed by atoms with Gasteiger partial charge in [-0.05, 0) is 36.6 Å². The van der Waals surface area contributed by atoms with E-state index in [0.29, 0.717) is 12.6 Å². The minimum Gasteiger partial charge on any atom is -0.352 e. The molecule has 0 aliphatic heterocycles. The van der Waals surface area contributed by atoms with Gasteiger partial charge in [0, 0.05) is 44.1 Å². The summed E-state index contributed by atoms with van der Waals surface area (Å²) < 4.78 is 0. The molecule has 1 aliphatic rings. The van der Waals surface area contributed by atoms with Crippen LogP contribution in [-0.2, 0) is 16.1 Å². The highest BCUT2D eigenvalue weighted by molar-refractivity contribution is 5.84. The number of fused-ring (bicyclic) bond motifs is 1. The van der Waals surface area contributed by atoms with E-state index in [-0.39, 0.29) is 24.7 Å². The van der Waals surface area contributed by atoms with Crippen LogP contribution in [0.3, 0.4) is 0 Å². The summed E-state index contributed by atoms with van der Waals surface area (Å²) in [6.07, 6.45) is 8.13. The molecule has 0 spiro atoms. The summed E-state index contributed by atoms with van der Waals surface area (Å²) in [7, 11) is 1.87. The van der Waals surface area contributed by atoms with Crippen LogP contribution in [0.25, 0.3) is 10.9 Å². The number of carbonyl (C=O) groups excluding carboxylic acids is 2. The minimum atomic E-state index is -0.0818. The lowest BCUT2D eigenvalue weighted by Crippen LogP contribution is -2.38. The van der Waals surface area contributed by atoms with E-state index in [0.717, 1.165) is 29.3 Å². The minimum absolute atomic E-state index is 0.0730. The van der Waals surface area contributed by atoms with Crippen LogP contribution in [0.4, 0.5) is 0 Å². The van der Waals surface area contributed by atoms with Crippen LogP contribution >= 0.6 is 0 Å². The number of amides is 2. The van der Waals surface area contributed by atoms with Gasteiger partial charge in [0.25, 0.3) is 0 Å². The fourth-order valence-electron chi connectivity index (χ4n) is 3.59. The second-order valence-corrected chi connectivity index (χ2v) is 7.10. The summed E-state index contributed by atoms with van der Waals surface area (Å²) in [6, 6.07) is 10.2. The van der Waals surface area contributed by atoms with Gasteiger partial charge in [-0.15, -0.1) is 0 Å². The van der Waals surface area contributed by atoms with Crippen LogP contribution in [0.5, 0.6) is 0 Å². The van der Waals surface area contributed by atoms with Crippen molar-refractivity contribution in [2.45, 2.75) is 57.5 Å². The van der Waals surface area contributed by atoms with Crippen LogP contribution in [0, 0.1) is 0 Å². The molecule has 5 heteroatoms. The highest BCUT2D eigenvalue weighted by Gasteiger charge is 2.22. The maximum absolute atomic E-state index is 12.3. The average molecular weight is 353 g/mol. The second-order valence-electron chi connectivity index (χ2n) is 7.10. The largest absolute Gasteiger partial charge is 0.352 e. The smallest absolute Gasteiger partial charge is 0.223 e. The summed E-state index contributed by atoms with van der Waals surface area (Å²) in [4.78, 5) is 30.5. The number of nitrogens with zero attached hydrogens (tertiary/aromatic N) is 2. The molecule has 2 aromatic rings. The quantitative estimate of drug-likeness (QED) is 0.865. The van der Waals surface area contributed by atoms with E-state index < -0.39 is 0 Å². The second kappa shape index (κ2) is 8.79. The predicted molar refractivity (Wildman–Crippen MR) is 102 cm³/mol. The van der Waals surface area contributed by atoms with Crippen LogP contribution < -0.4 is 5.32 Å². The van der Waals surface area contributed by atoms with Crippen LogP contribution in [-0.4, -0.2) is 34.8 Å². The summed E-state index contributed by atoms with van der Waals surface area (Å²) in [5.74, 6) is -0.00879. The third kappa shape index (κ3) is 4.81. The molecule has 138 valence electrons. The standard InChI is InChI=1S/C21H27N3O2/c1-24(18-7-3-2-4-8-18)21(26)12-11-20(25)23-15-16-9-10-19-17(14-16)6-5-13-22-19/h5-6,9-10,13-14,18H,2-4,7-8,11-12,15H2,1H3,(H,23,25). The Bertz CT molecular complexity index is 769. The maximum Gasteiger partial charge on any atom is 0.223 e. The Balaban J connectivity index is 1.43. The van der Waals surface area contributed by atoms with E-state index in [1.54, 1.807) is 6.20 Å². The molecule has 1 heterocycles. The van der Waals surface area contributed by atoms with Crippen molar-refractivity contribution in [2.24, 2.45) is 0 Å². The van der Waals surface area contributed by atoms with Crippen LogP contribution in [0.15, 0.2) is 36.5 Å². The normalized spacial score (nSPS) is 15.0. The Morgan fingerprint density at radius 1 is 1.15 bits per heavy atom. The molecule has 1 aromatic carbocycles. The molecule has 1 saturated carbocycles. The van der Waals surface area contributed by atoms with Gasteiger partial charge < -0.3 is 10.2 Å². The molecule has 0 bridgehead atoms. The van der Waals surface area contributed by atoms with Crippen molar-refractivity contribution >= 4 is 22.7 Å². The van der Waals surface area contributed by atoms with Crippen molar-refractivity contribution in [1.29, 1.82) is 0 Å². The van der Waals surface area contributed by atoms with E-state index in [1.165, 1.54) is 19.3 Å². The first-order valence-electron chi connectivity index (χ1n) is 9.49. The Morgan fingerprint density at radius 3 is 2.77 bits per heavy atom. The molecule has 0 atom stereocenters. The van der Waals surface area contributed by atoms with Gasteiger partial charge >= 0.3 is 0 Å². The molecular weight excluding hydrogens is 326 g/mol. The van der Waals surface area contributed by atoms with Crippen LogP contribution in [0.2, 0.25) is 0 Å². The van der Waals surface area contributed by atoms with Gasteiger partial charge in [0.2, 0.25) is 11.8 Å². The van der Waals surface area contributed by atoms with Gasteiger partial charge in [-0.25, -0.2) is 0 Å². The molecule has 0 radical (unpaired) electrons.